The molecular weight excluding hydrogens is 357 g/mol. The van der Waals surface area contributed by atoms with Crippen molar-refractivity contribution in [2.45, 2.75) is 38.8 Å². The fourth-order valence-electron chi connectivity index (χ4n) is 2.78. The zero-order valence-electron chi connectivity index (χ0n) is 14.1. The molecule has 1 aromatic carbocycles. The summed E-state index contributed by atoms with van der Waals surface area (Å²) in [4.78, 5) is 12.0. The van der Waals surface area contributed by atoms with E-state index in [4.69, 9.17) is 4.74 Å². The molecule has 4 nitrogen and oxygen atoms in total. The average Bonchev–Trinajstić information content (AvgIpc) is 2.52. The number of benzene rings is 1. The quantitative estimate of drug-likeness (QED) is 0.782. The minimum atomic E-state index is -4.37. The highest BCUT2D eigenvalue weighted by molar-refractivity contribution is 5.90. The van der Waals surface area contributed by atoms with Crippen molar-refractivity contribution in [3.05, 3.63) is 23.8 Å². The van der Waals surface area contributed by atoms with Crippen molar-refractivity contribution in [3.63, 3.8) is 0 Å². The van der Waals surface area contributed by atoms with E-state index in [1.807, 2.05) is 0 Å². The highest BCUT2D eigenvalue weighted by Crippen LogP contribution is 2.25. The lowest BCUT2D eigenvalue weighted by Gasteiger charge is -2.22. The minimum Gasteiger partial charge on any atom is -0.484 e. The summed E-state index contributed by atoms with van der Waals surface area (Å²) < 4.78 is 41.3. The Morgan fingerprint density at radius 2 is 2.00 bits per heavy atom. The Bertz CT molecular complexity index is 561. The summed E-state index contributed by atoms with van der Waals surface area (Å²) in [6.07, 6.45) is -0.863. The molecule has 1 aliphatic heterocycles. The van der Waals surface area contributed by atoms with Crippen molar-refractivity contribution in [1.29, 1.82) is 0 Å². The van der Waals surface area contributed by atoms with Gasteiger partial charge in [-0.15, -0.1) is 12.4 Å². The molecular formula is C17H24ClF3N2O2. The van der Waals surface area contributed by atoms with Gasteiger partial charge >= 0.3 is 6.18 Å². The van der Waals surface area contributed by atoms with Crippen LogP contribution in [0.4, 0.5) is 18.9 Å². The Morgan fingerprint density at radius 1 is 1.32 bits per heavy atom. The van der Waals surface area contributed by atoms with E-state index in [1.165, 1.54) is 6.07 Å². The van der Waals surface area contributed by atoms with E-state index in [1.54, 1.807) is 19.1 Å². The Labute approximate surface area is 151 Å². The molecule has 1 amide bonds. The van der Waals surface area contributed by atoms with Crippen LogP contribution in [0.2, 0.25) is 0 Å². The molecule has 25 heavy (non-hydrogen) atoms. The largest absolute Gasteiger partial charge is 0.484 e. The first-order valence-corrected chi connectivity index (χ1v) is 8.14. The molecule has 0 aliphatic carbocycles. The highest BCUT2D eigenvalue weighted by Gasteiger charge is 2.28. The third-order valence-electron chi connectivity index (χ3n) is 4.09. The summed E-state index contributed by atoms with van der Waals surface area (Å²) in [5.74, 6) is 0.675. The molecule has 0 saturated carbocycles. The summed E-state index contributed by atoms with van der Waals surface area (Å²) in [6.45, 7) is 2.34. The highest BCUT2D eigenvalue weighted by atomic mass is 35.5. The molecule has 2 N–H and O–H groups in total. The molecule has 1 aromatic rings. The topological polar surface area (TPSA) is 50.4 Å². The predicted molar refractivity (Wildman–Crippen MR) is 93.4 cm³/mol. The first-order chi connectivity index (χ1) is 11.3. The monoisotopic (exact) mass is 380 g/mol. The van der Waals surface area contributed by atoms with Crippen molar-refractivity contribution >= 4 is 24.0 Å². The first kappa shape index (κ1) is 21.6. The maximum Gasteiger partial charge on any atom is 0.422 e. The van der Waals surface area contributed by atoms with Crippen LogP contribution in [0.3, 0.4) is 0 Å². The second-order valence-electron chi connectivity index (χ2n) is 6.16. The van der Waals surface area contributed by atoms with Crippen LogP contribution in [0.15, 0.2) is 18.2 Å². The second-order valence-corrected chi connectivity index (χ2v) is 6.16. The number of piperidine rings is 1. The fraction of sp³-hybridized carbons (Fsp3) is 0.588. The van der Waals surface area contributed by atoms with Gasteiger partial charge in [0.1, 0.15) is 5.75 Å². The maximum absolute atomic E-state index is 12.2. The van der Waals surface area contributed by atoms with Gasteiger partial charge in [0.2, 0.25) is 5.91 Å². The molecule has 0 atom stereocenters. The van der Waals surface area contributed by atoms with Gasteiger partial charge in [-0.25, -0.2) is 0 Å². The van der Waals surface area contributed by atoms with Crippen LogP contribution in [0, 0.1) is 12.8 Å². The standard InChI is InChI=1S/C17H23F3N2O2.ClH/c1-12-10-14(3-4-15(12)24-11-17(18,19)20)22-16(23)5-2-13-6-8-21-9-7-13;/h3-4,10,13,21H,2,5-9,11H2,1H3,(H,22,23);1H. The number of aryl methyl sites for hydroxylation is 1. The summed E-state index contributed by atoms with van der Waals surface area (Å²) in [5, 5.41) is 6.08. The van der Waals surface area contributed by atoms with Crippen LogP contribution in [0.1, 0.15) is 31.2 Å². The minimum absolute atomic E-state index is 0. The molecule has 0 bridgehead atoms. The van der Waals surface area contributed by atoms with E-state index in [0.717, 1.165) is 32.4 Å². The normalized spacial score (nSPS) is 15.4. The number of alkyl halides is 3. The van der Waals surface area contributed by atoms with Gasteiger partial charge in [0, 0.05) is 12.1 Å². The van der Waals surface area contributed by atoms with Crippen molar-refractivity contribution in [1.82, 2.24) is 5.32 Å². The lowest BCUT2D eigenvalue weighted by molar-refractivity contribution is -0.153. The number of carbonyl (C=O) groups excluding carboxylic acids is 1. The Kier molecular flexibility index (Phi) is 8.52. The SMILES string of the molecule is Cc1cc(NC(=O)CCC2CCNCC2)ccc1OCC(F)(F)F.Cl. The summed E-state index contributed by atoms with van der Waals surface area (Å²) in [7, 11) is 0. The zero-order chi connectivity index (χ0) is 17.6. The van der Waals surface area contributed by atoms with E-state index in [0.29, 0.717) is 23.6 Å². The molecule has 0 spiro atoms. The van der Waals surface area contributed by atoms with Gasteiger partial charge in [-0.05, 0) is 69.0 Å². The van der Waals surface area contributed by atoms with Crippen LogP contribution in [-0.2, 0) is 4.79 Å². The third kappa shape index (κ3) is 7.96. The molecule has 0 radical (unpaired) electrons. The van der Waals surface area contributed by atoms with E-state index in [2.05, 4.69) is 10.6 Å². The Balaban J connectivity index is 0.00000312. The number of hydrogen-bond donors (Lipinski definition) is 2. The lowest BCUT2D eigenvalue weighted by Crippen LogP contribution is -2.28. The summed E-state index contributed by atoms with van der Waals surface area (Å²) >= 11 is 0. The van der Waals surface area contributed by atoms with Gasteiger partial charge in [-0.2, -0.15) is 13.2 Å². The number of hydrogen-bond acceptors (Lipinski definition) is 3. The molecule has 1 fully saturated rings. The first-order valence-electron chi connectivity index (χ1n) is 8.14. The van der Waals surface area contributed by atoms with Gasteiger partial charge in [-0.1, -0.05) is 0 Å². The van der Waals surface area contributed by atoms with Crippen LogP contribution in [0.5, 0.6) is 5.75 Å². The number of ether oxygens (including phenoxy) is 1. The molecule has 0 unspecified atom stereocenters. The Morgan fingerprint density at radius 3 is 2.60 bits per heavy atom. The van der Waals surface area contributed by atoms with Crippen molar-refractivity contribution in [2.75, 3.05) is 25.0 Å². The number of anilines is 1. The predicted octanol–water partition coefficient (Wildman–Crippen LogP) is 4.08. The third-order valence-corrected chi connectivity index (χ3v) is 4.09. The number of amides is 1. The number of rotatable bonds is 6. The second kappa shape index (κ2) is 9.87. The molecule has 0 aromatic heterocycles. The number of halogens is 4. The van der Waals surface area contributed by atoms with Crippen molar-refractivity contribution < 1.29 is 22.7 Å². The van der Waals surface area contributed by atoms with E-state index >= 15 is 0 Å². The number of carbonyl (C=O) groups is 1. The average molecular weight is 381 g/mol. The van der Waals surface area contributed by atoms with E-state index in [9.17, 15) is 18.0 Å². The van der Waals surface area contributed by atoms with Gasteiger partial charge in [0.05, 0.1) is 0 Å². The smallest absolute Gasteiger partial charge is 0.422 e. The molecule has 1 aliphatic rings. The fourth-order valence-corrected chi connectivity index (χ4v) is 2.78. The molecule has 1 saturated heterocycles. The molecule has 8 heteroatoms. The van der Waals surface area contributed by atoms with Gasteiger partial charge < -0.3 is 15.4 Å². The van der Waals surface area contributed by atoms with Crippen LogP contribution < -0.4 is 15.4 Å². The molecule has 2 rings (SSSR count). The zero-order valence-corrected chi connectivity index (χ0v) is 14.9. The summed E-state index contributed by atoms with van der Waals surface area (Å²) in [5.41, 5.74) is 1.12. The van der Waals surface area contributed by atoms with Crippen molar-refractivity contribution in [2.24, 2.45) is 5.92 Å². The maximum atomic E-state index is 12.2. The van der Waals surface area contributed by atoms with E-state index in [-0.39, 0.29) is 24.1 Å². The van der Waals surface area contributed by atoms with Crippen LogP contribution in [-0.4, -0.2) is 31.8 Å². The van der Waals surface area contributed by atoms with E-state index < -0.39 is 12.8 Å². The van der Waals surface area contributed by atoms with Crippen molar-refractivity contribution in [3.8, 4) is 5.75 Å². The van der Waals surface area contributed by atoms with Crippen LogP contribution in [0.25, 0.3) is 0 Å². The lowest BCUT2D eigenvalue weighted by atomic mass is 9.93. The van der Waals surface area contributed by atoms with Crippen LogP contribution >= 0.6 is 12.4 Å². The molecule has 142 valence electrons. The number of nitrogens with one attached hydrogen (secondary N) is 2. The van der Waals surface area contributed by atoms with Gasteiger partial charge in [0.25, 0.3) is 0 Å². The molecule has 1 heterocycles. The van der Waals surface area contributed by atoms with Gasteiger partial charge in [0.15, 0.2) is 6.61 Å². The Hall–Kier alpha value is -1.47. The summed E-state index contributed by atoms with van der Waals surface area (Å²) in [6, 6.07) is 4.62. The van der Waals surface area contributed by atoms with Gasteiger partial charge in [-0.3, -0.25) is 4.79 Å².